The minimum atomic E-state index is -0.115. The third kappa shape index (κ3) is 3.78. The molecule has 0 saturated carbocycles. The van der Waals surface area contributed by atoms with Crippen molar-refractivity contribution in [2.24, 2.45) is 0 Å². The van der Waals surface area contributed by atoms with Crippen molar-refractivity contribution in [3.8, 4) is 0 Å². The van der Waals surface area contributed by atoms with Crippen LogP contribution in [0.4, 0.5) is 5.69 Å². The van der Waals surface area contributed by atoms with Crippen molar-refractivity contribution in [2.75, 3.05) is 5.32 Å². The fraction of sp³-hybridized carbons (Fsp3) is 0.143. The van der Waals surface area contributed by atoms with E-state index in [2.05, 4.69) is 26.2 Å². The molecule has 0 saturated heterocycles. The maximum absolute atomic E-state index is 12.0. The molecule has 0 aliphatic carbocycles. The summed E-state index contributed by atoms with van der Waals surface area (Å²) in [5, 5.41) is 3.04. The van der Waals surface area contributed by atoms with Gasteiger partial charge in [0.05, 0.1) is 12.1 Å². The maximum atomic E-state index is 12.0. The number of hydrogen-bond donors (Lipinski definition) is 1. The van der Waals surface area contributed by atoms with Crippen molar-refractivity contribution in [3.05, 3.63) is 57.3 Å². The smallest absolute Gasteiger partial charge is 0.228 e. The molecular weight excluding hydrogens is 328 g/mol. The molecule has 0 bridgehead atoms. The van der Waals surface area contributed by atoms with E-state index in [4.69, 9.17) is 11.6 Å². The second-order valence-electron chi connectivity index (χ2n) is 4.14. The molecule has 1 aromatic carbocycles. The second-order valence-corrected chi connectivity index (χ2v) is 5.42. The molecule has 0 aliphatic heterocycles. The highest BCUT2D eigenvalue weighted by Gasteiger charge is 2.09. The molecule has 0 radical (unpaired) electrons. The molecule has 0 atom stereocenters. The van der Waals surface area contributed by atoms with Crippen LogP contribution >= 0.6 is 27.5 Å². The van der Waals surface area contributed by atoms with Crippen LogP contribution < -0.4 is 5.32 Å². The second kappa shape index (κ2) is 6.17. The molecule has 0 spiro atoms. The first kappa shape index (κ1) is 14.0. The number of carbonyl (C=O) groups excluding carboxylic acids is 1. The summed E-state index contributed by atoms with van der Waals surface area (Å²) in [6, 6.07) is 9.52. The predicted molar refractivity (Wildman–Crippen MR) is 80.5 cm³/mol. The number of nitrogens with one attached hydrogen (secondary N) is 1. The fourth-order valence-electron chi connectivity index (χ4n) is 1.69. The lowest BCUT2D eigenvalue weighted by atomic mass is 10.1. The Bertz CT molecular complexity index is 616. The van der Waals surface area contributed by atoms with Crippen LogP contribution in [0.25, 0.3) is 0 Å². The van der Waals surface area contributed by atoms with Gasteiger partial charge in [-0.2, -0.15) is 0 Å². The van der Waals surface area contributed by atoms with Crippen LogP contribution in [0.2, 0.25) is 5.15 Å². The zero-order chi connectivity index (χ0) is 13.8. The lowest BCUT2D eigenvalue weighted by Gasteiger charge is -2.08. The SMILES string of the molecule is Cc1ccccc1CC(=O)Nc1cc(Br)cnc1Cl. The van der Waals surface area contributed by atoms with Crippen molar-refractivity contribution in [2.45, 2.75) is 13.3 Å². The molecule has 5 heteroatoms. The Morgan fingerprint density at radius 3 is 2.89 bits per heavy atom. The Hall–Kier alpha value is -1.39. The van der Waals surface area contributed by atoms with Gasteiger partial charge < -0.3 is 5.32 Å². The molecule has 0 aliphatic rings. The molecule has 1 N–H and O–H groups in total. The Morgan fingerprint density at radius 1 is 1.42 bits per heavy atom. The summed E-state index contributed by atoms with van der Waals surface area (Å²) in [5.74, 6) is -0.115. The highest BCUT2D eigenvalue weighted by atomic mass is 79.9. The lowest BCUT2D eigenvalue weighted by molar-refractivity contribution is -0.115. The van der Waals surface area contributed by atoms with E-state index in [1.165, 1.54) is 0 Å². The van der Waals surface area contributed by atoms with Gasteiger partial charge in [-0.15, -0.1) is 0 Å². The van der Waals surface area contributed by atoms with E-state index < -0.39 is 0 Å². The summed E-state index contributed by atoms with van der Waals surface area (Å²) in [4.78, 5) is 15.9. The van der Waals surface area contributed by atoms with Gasteiger partial charge in [0.15, 0.2) is 5.15 Å². The van der Waals surface area contributed by atoms with E-state index in [0.717, 1.165) is 15.6 Å². The number of pyridine rings is 1. The molecule has 0 fully saturated rings. The third-order valence-corrected chi connectivity index (χ3v) is 3.43. The van der Waals surface area contributed by atoms with E-state index in [9.17, 15) is 4.79 Å². The van der Waals surface area contributed by atoms with E-state index in [1.54, 1.807) is 12.3 Å². The van der Waals surface area contributed by atoms with Gasteiger partial charge in [0.2, 0.25) is 5.91 Å². The van der Waals surface area contributed by atoms with Crippen LogP contribution in [0.1, 0.15) is 11.1 Å². The molecule has 2 aromatic rings. The number of aryl methyl sites for hydroxylation is 1. The van der Waals surface area contributed by atoms with Crippen LogP contribution in [0, 0.1) is 6.92 Å². The highest BCUT2D eigenvalue weighted by Crippen LogP contribution is 2.23. The molecular formula is C14H12BrClN2O. The summed E-state index contributed by atoms with van der Waals surface area (Å²) in [6.07, 6.45) is 1.90. The summed E-state index contributed by atoms with van der Waals surface area (Å²) < 4.78 is 0.767. The Balaban J connectivity index is 2.10. The molecule has 3 nitrogen and oxygen atoms in total. The maximum Gasteiger partial charge on any atom is 0.228 e. The number of halogens is 2. The van der Waals surface area contributed by atoms with Crippen molar-refractivity contribution < 1.29 is 4.79 Å². The van der Waals surface area contributed by atoms with Gasteiger partial charge in [-0.1, -0.05) is 35.9 Å². The first-order valence-electron chi connectivity index (χ1n) is 5.71. The summed E-state index contributed by atoms with van der Waals surface area (Å²) in [7, 11) is 0. The lowest BCUT2D eigenvalue weighted by Crippen LogP contribution is -2.15. The molecule has 0 unspecified atom stereocenters. The average Bonchev–Trinajstić information content (AvgIpc) is 2.37. The number of rotatable bonds is 3. The normalized spacial score (nSPS) is 10.3. The first-order chi connectivity index (χ1) is 9.06. The Labute approximate surface area is 125 Å². The summed E-state index contributed by atoms with van der Waals surface area (Å²) in [5.41, 5.74) is 2.60. The van der Waals surface area contributed by atoms with Crippen LogP contribution in [0.15, 0.2) is 41.0 Å². The van der Waals surface area contributed by atoms with Gasteiger partial charge in [0.1, 0.15) is 0 Å². The number of carbonyl (C=O) groups is 1. The quantitative estimate of drug-likeness (QED) is 0.859. The van der Waals surface area contributed by atoms with Gasteiger partial charge in [0, 0.05) is 10.7 Å². The largest absolute Gasteiger partial charge is 0.323 e. The van der Waals surface area contributed by atoms with Crippen molar-refractivity contribution >= 4 is 39.1 Å². The van der Waals surface area contributed by atoms with E-state index >= 15 is 0 Å². The molecule has 19 heavy (non-hydrogen) atoms. The number of nitrogens with zero attached hydrogens (tertiary/aromatic N) is 1. The molecule has 1 aromatic heterocycles. The summed E-state index contributed by atoms with van der Waals surface area (Å²) >= 11 is 9.22. The zero-order valence-corrected chi connectivity index (χ0v) is 12.6. The molecule has 98 valence electrons. The highest BCUT2D eigenvalue weighted by molar-refractivity contribution is 9.10. The minimum absolute atomic E-state index is 0.115. The number of aromatic nitrogens is 1. The Morgan fingerprint density at radius 2 is 2.16 bits per heavy atom. The van der Waals surface area contributed by atoms with Crippen LogP contribution in [0.5, 0.6) is 0 Å². The third-order valence-electron chi connectivity index (χ3n) is 2.69. The predicted octanol–water partition coefficient (Wildman–Crippen LogP) is 3.99. The molecule has 2 rings (SSSR count). The first-order valence-corrected chi connectivity index (χ1v) is 6.89. The van der Waals surface area contributed by atoms with Crippen LogP contribution in [-0.2, 0) is 11.2 Å². The van der Waals surface area contributed by atoms with Gasteiger partial charge >= 0.3 is 0 Å². The number of anilines is 1. The fourth-order valence-corrected chi connectivity index (χ4v) is 2.17. The van der Waals surface area contributed by atoms with Crippen LogP contribution in [0.3, 0.4) is 0 Å². The van der Waals surface area contributed by atoms with Crippen molar-refractivity contribution in [1.82, 2.24) is 4.98 Å². The number of hydrogen-bond acceptors (Lipinski definition) is 2. The number of amides is 1. The van der Waals surface area contributed by atoms with E-state index in [-0.39, 0.29) is 11.1 Å². The summed E-state index contributed by atoms with van der Waals surface area (Å²) in [6.45, 7) is 1.98. The van der Waals surface area contributed by atoms with Gasteiger partial charge in [0.25, 0.3) is 0 Å². The average molecular weight is 340 g/mol. The van der Waals surface area contributed by atoms with Gasteiger partial charge in [-0.3, -0.25) is 4.79 Å². The molecule has 1 amide bonds. The van der Waals surface area contributed by atoms with Crippen molar-refractivity contribution in [3.63, 3.8) is 0 Å². The Kier molecular flexibility index (Phi) is 4.56. The minimum Gasteiger partial charge on any atom is -0.323 e. The van der Waals surface area contributed by atoms with Gasteiger partial charge in [-0.25, -0.2) is 4.98 Å². The standard InChI is InChI=1S/C14H12BrClN2O/c1-9-4-2-3-5-10(9)6-13(19)18-12-7-11(15)8-17-14(12)16/h2-5,7-8H,6H2,1H3,(H,18,19). The zero-order valence-electron chi connectivity index (χ0n) is 10.3. The van der Waals surface area contributed by atoms with E-state index in [1.807, 2.05) is 31.2 Å². The number of benzene rings is 1. The molecule has 1 heterocycles. The van der Waals surface area contributed by atoms with Gasteiger partial charge in [-0.05, 0) is 40.0 Å². The van der Waals surface area contributed by atoms with Crippen molar-refractivity contribution in [1.29, 1.82) is 0 Å². The monoisotopic (exact) mass is 338 g/mol. The van der Waals surface area contributed by atoms with Crippen LogP contribution in [-0.4, -0.2) is 10.9 Å². The van der Waals surface area contributed by atoms with E-state index in [0.29, 0.717) is 12.1 Å². The topological polar surface area (TPSA) is 42.0 Å².